The molecule has 0 unspecified atom stereocenters. The molecule has 3 nitrogen and oxygen atoms in total. The maximum atomic E-state index is 12.1. The topological polar surface area (TPSA) is 32.3 Å². The standard InChI is InChI=1S/C16H24N2O/c1-2-3-4-7-11-17-16(19)18-12-10-14-8-5-6-9-15(14)13-18/h5-6,8-9H,2-4,7,10-13H2,1H3,(H,17,19). The molecular weight excluding hydrogens is 236 g/mol. The summed E-state index contributed by atoms with van der Waals surface area (Å²) in [5, 5.41) is 3.03. The molecule has 0 saturated heterocycles. The number of hydrogen-bond donors (Lipinski definition) is 1. The number of nitrogens with one attached hydrogen (secondary N) is 1. The van der Waals surface area contributed by atoms with Crippen LogP contribution in [0.25, 0.3) is 0 Å². The summed E-state index contributed by atoms with van der Waals surface area (Å²) in [6.07, 6.45) is 5.76. The van der Waals surface area contributed by atoms with Crippen LogP contribution in [0, 0.1) is 0 Å². The summed E-state index contributed by atoms with van der Waals surface area (Å²) in [4.78, 5) is 14.0. The number of nitrogens with zero attached hydrogens (tertiary/aromatic N) is 1. The summed E-state index contributed by atoms with van der Waals surface area (Å²) in [5.74, 6) is 0. The molecule has 104 valence electrons. The average molecular weight is 260 g/mol. The van der Waals surface area contributed by atoms with Gasteiger partial charge in [0.15, 0.2) is 0 Å². The van der Waals surface area contributed by atoms with Crippen LogP contribution in [0.4, 0.5) is 4.79 Å². The van der Waals surface area contributed by atoms with Crippen molar-refractivity contribution in [3.8, 4) is 0 Å². The molecule has 1 aliphatic rings. The van der Waals surface area contributed by atoms with Gasteiger partial charge in [0, 0.05) is 19.6 Å². The second-order valence-corrected chi connectivity index (χ2v) is 5.23. The molecule has 0 saturated carbocycles. The molecule has 0 radical (unpaired) electrons. The van der Waals surface area contributed by atoms with Gasteiger partial charge in [-0.3, -0.25) is 0 Å². The van der Waals surface area contributed by atoms with Gasteiger partial charge in [0.2, 0.25) is 0 Å². The van der Waals surface area contributed by atoms with Crippen LogP contribution in [0.1, 0.15) is 43.7 Å². The molecule has 19 heavy (non-hydrogen) atoms. The highest BCUT2D eigenvalue weighted by atomic mass is 16.2. The summed E-state index contributed by atoms with van der Waals surface area (Å²) in [6, 6.07) is 8.49. The molecule has 0 aliphatic carbocycles. The number of carbonyl (C=O) groups excluding carboxylic acids is 1. The molecule has 1 aromatic carbocycles. The van der Waals surface area contributed by atoms with Gasteiger partial charge < -0.3 is 10.2 Å². The maximum absolute atomic E-state index is 12.1. The van der Waals surface area contributed by atoms with Crippen molar-refractivity contribution in [2.45, 2.75) is 45.6 Å². The van der Waals surface area contributed by atoms with Crippen LogP contribution < -0.4 is 5.32 Å². The fraction of sp³-hybridized carbons (Fsp3) is 0.562. The van der Waals surface area contributed by atoms with E-state index in [1.165, 1.54) is 30.4 Å². The molecule has 0 aromatic heterocycles. The predicted molar refractivity (Wildman–Crippen MR) is 78.1 cm³/mol. The van der Waals surface area contributed by atoms with Crippen molar-refractivity contribution in [1.82, 2.24) is 10.2 Å². The van der Waals surface area contributed by atoms with E-state index in [-0.39, 0.29) is 6.03 Å². The van der Waals surface area contributed by atoms with Crippen molar-refractivity contribution in [2.75, 3.05) is 13.1 Å². The Morgan fingerprint density at radius 2 is 2.00 bits per heavy atom. The molecule has 1 N–H and O–H groups in total. The first-order valence-electron chi connectivity index (χ1n) is 7.41. The highest BCUT2D eigenvalue weighted by Crippen LogP contribution is 2.18. The Balaban J connectivity index is 1.76. The van der Waals surface area contributed by atoms with Crippen LogP contribution >= 0.6 is 0 Å². The van der Waals surface area contributed by atoms with E-state index >= 15 is 0 Å². The number of hydrogen-bond acceptors (Lipinski definition) is 1. The number of unbranched alkanes of at least 4 members (excludes halogenated alkanes) is 3. The zero-order chi connectivity index (χ0) is 13.5. The van der Waals surface area contributed by atoms with Gasteiger partial charge in [-0.1, -0.05) is 50.5 Å². The van der Waals surface area contributed by atoms with Crippen LogP contribution in [-0.4, -0.2) is 24.0 Å². The first-order valence-corrected chi connectivity index (χ1v) is 7.41. The quantitative estimate of drug-likeness (QED) is 0.809. The Bertz CT molecular complexity index is 417. The summed E-state index contributed by atoms with van der Waals surface area (Å²) >= 11 is 0. The molecule has 3 heteroatoms. The van der Waals surface area contributed by atoms with E-state index in [0.29, 0.717) is 0 Å². The number of rotatable bonds is 5. The number of carbonyl (C=O) groups is 1. The van der Waals surface area contributed by atoms with Crippen molar-refractivity contribution in [3.05, 3.63) is 35.4 Å². The predicted octanol–water partition coefficient (Wildman–Crippen LogP) is 3.33. The lowest BCUT2D eigenvalue weighted by atomic mass is 10.0. The summed E-state index contributed by atoms with van der Waals surface area (Å²) in [7, 11) is 0. The minimum absolute atomic E-state index is 0.0889. The molecule has 1 aliphatic heterocycles. The Morgan fingerprint density at radius 1 is 1.21 bits per heavy atom. The molecule has 1 aromatic rings. The minimum Gasteiger partial charge on any atom is -0.338 e. The van der Waals surface area contributed by atoms with Gasteiger partial charge in [0.25, 0.3) is 0 Å². The van der Waals surface area contributed by atoms with Crippen molar-refractivity contribution in [3.63, 3.8) is 0 Å². The Morgan fingerprint density at radius 3 is 2.79 bits per heavy atom. The second-order valence-electron chi connectivity index (χ2n) is 5.23. The monoisotopic (exact) mass is 260 g/mol. The van der Waals surface area contributed by atoms with Gasteiger partial charge in [-0.25, -0.2) is 4.79 Å². The molecule has 0 bridgehead atoms. The molecule has 2 rings (SSSR count). The van der Waals surface area contributed by atoms with Crippen LogP contribution in [0.3, 0.4) is 0 Å². The van der Waals surface area contributed by atoms with Crippen molar-refractivity contribution in [2.24, 2.45) is 0 Å². The van der Waals surface area contributed by atoms with Gasteiger partial charge in [-0.05, 0) is 24.0 Å². The zero-order valence-electron chi connectivity index (χ0n) is 11.8. The van der Waals surface area contributed by atoms with E-state index in [1.807, 2.05) is 11.0 Å². The third-order valence-corrected chi connectivity index (χ3v) is 3.72. The minimum atomic E-state index is 0.0889. The first-order chi connectivity index (χ1) is 9.31. The number of amides is 2. The summed E-state index contributed by atoms with van der Waals surface area (Å²) < 4.78 is 0. The lowest BCUT2D eigenvalue weighted by molar-refractivity contribution is 0.192. The fourth-order valence-electron chi connectivity index (χ4n) is 2.53. The van der Waals surface area contributed by atoms with E-state index in [1.54, 1.807) is 0 Å². The van der Waals surface area contributed by atoms with Crippen LogP contribution in [-0.2, 0) is 13.0 Å². The molecular formula is C16H24N2O. The molecule has 0 fully saturated rings. The largest absolute Gasteiger partial charge is 0.338 e. The molecule has 0 spiro atoms. The smallest absolute Gasteiger partial charge is 0.317 e. The van der Waals surface area contributed by atoms with Crippen molar-refractivity contribution in [1.29, 1.82) is 0 Å². The normalized spacial score (nSPS) is 14.1. The van der Waals surface area contributed by atoms with E-state index < -0.39 is 0 Å². The first kappa shape index (κ1) is 13.9. The van der Waals surface area contributed by atoms with Crippen molar-refractivity contribution < 1.29 is 4.79 Å². The highest BCUT2D eigenvalue weighted by molar-refractivity contribution is 5.74. The Kier molecular flexibility index (Phi) is 5.25. The lowest BCUT2D eigenvalue weighted by Gasteiger charge is -2.29. The van der Waals surface area contributed by atoms with E-state index in [2.05, 4.69) is 30.4 Å². The third-order valence-electron chi connectivity index (χ3n) is 3.72. The van der Waals surface area contributed by atoms with Crippen LogP contribution in [0.5, 0.6) is 0 Å². The maximum Gasteiger partial charge on any atom is 0.317 e. The summed E-state index contributed by atoms with van der Waals surface area (Å²) in [5.41, 5.74) is 2.67. The SMILES string of the molecule is CCCCCCNC(=O)N1CCc2ccccc2C1. The number of urea groups is 1. The Labute approximate surface area is 116 Å². The van der Waals surface area contributed by atoms with Gasteiger partial charge in [-0.2, -0.15) is 0 Å². The van der Waals surface area contributed by atoms with E-state index in [4.69, 9.17) is 0 Å². The highest BCUT2D eigenvalue weighted by Gasteiger charge is 2.19. The summed E-state index contributed by atoms with van der Waals surface area (Å²) in [6.45, 7) is 4.58. The van der Waals surface area contributed by atoms with E-state index in [0.717, 1.165) is 32.5 Å². The number of fused-ring (bicyclic) bond motifs is 1. The molecule has 2 amide bonds. The van der Waals surface area contributed by atoms with Gasteiger partial charge >= 0.3 is 6.03 Å². The van der Waals surface area contributed by atoms with Gasteiger partial charge in [0.1, 0.15) is 0 Å². The lowest BCUT2D eigenvalue weighted by Crippen LogP contribution is -2.43. The Hall–Kier alpha value is -1.51. The fourth-order valence-corrected chi connectivity index (χ4v) is 2.53. The van der Waals surface area contributed by atoms with Gasteiger partial charge in [-0.15, -0.1) is 0 Å². The van der Waals surface area contributed by atoms with Crippen molar-refractivity contribution >= 4 is 6.03 Å². The molecule has 0 atom stereocenters. The second kappa shape index (κ2) is 7.17. The van der Waals surface area contributed by atoms with Crippen LogP contribution in [0.15, 0.2) is 24.3 Å². The third kappa shape index (κ3) is 3.98. The zero-order valence-corrected chi connectivity index (χ0v) is 11.8. The average Bonchev–Trinajstić information content (AvgIpc) is 2.46. The van der Waals surface area contributed by atoms with Gasteiger partial charge in [0.05, 0.1) is 0 Å². The molecule has 1 heterocycles. The number of benzene rings is 1. The van der Waals surface area contributed by atoms with Crippen LogP contribution in [0.2, 0.25) is 0 Å². The van der Waals surface area contributed by atoms with E-state index in [9.17, 15) is 4.79 Å².